The number of benzene rings is 1. The first kappa shape index (κ1) is 11.9. The number of fused-ring (bicyclic) bond motifs is 1. The summed E-state index contributed by atoms with van der Waals surface area (Å²) in [5.41, 5.74) is 1.12. The molecule has 2 heterocycles. The molecular weight excluding hydrogens is 242 g/mol. The van der Waals surface area contributed by atoms with E-state index in [-0.39, 0.29) is 6.04 Å². The molecule has 1 aliphatic rings. The molecule has 1 atom stereocenters. The van der Waals surface area contributed by atoms with E-state index in [0.29, 0.717) is 6.61 Å². The molecule has 1 unspecified atom stereocenters. The average molecular weight is 259 g/mol. The van der Waals surface area contributed by atoms with Gasteiger partial charge in [0, 0.05) is 31.3 Å². The van der Waals surface area contributed by atoms with Crippen LogP contribution < -0.4 is 14.8 Å². The van der Waals surface area contributed by atoms with Crippen LogP contribution in [-0.2, 0) is 7.05 Å². The number of ether oxygens (including phenoxy) is 2. The van der Waals surface area contributed by atoms with Crippen LogP contribution >= 0.6 is 0 Å². The number of rotatable bonds is 3. The van der Waals surface area contributed by atoms with Crippen molar-refractivity contribution < 1.29 is 9.47 Å². The van der Waals surface area contributed by atoms with Crippen molar-refractivity contribution in [1.29, 1.82) is 0 Å². The number of hydrogen-bond acceptors (Lipinski definition) is 4. The van der Waals surface area contributed by atoms with Gasteiger partial charge in [0.2, 0.25) is 0 Å². The van der Waals surface area contributed by atoms with E-state index < -0.39 is 0 Å². The fraction of sp³-hybridized carbons (Fsp3) is 0.357. The van der Waals surface area contributed by atoms with Gasteiger partial charge in [0.25, 0.3) is 0 Å². The quantitative estimate of drug-likeness (QED) is 0.919. The summed E-state index contributed by atoms with van der Waals surface area (Å²) in [6.07, 6.45) is 2.84. The molecule has 1 aromatic carbocycles. The zero-order chi connectivity index (χ0) is 13.2. The van der Waals surface area contributed by atoms with Crippen LogP contribution in [0.3, 0.4) is 0 Å². The maximum atomic E-state index is 5.67. The van der Waals surface area contributed by atoms with Crippen LogP contribution in [0.25, 0.3) is 0 Å². The van der Waals surface area contributed by atoms with Gasteiger partial charge in [0.1, 0.15) is 17.3 Å². The monoisotopic (exact) mass is 259 g/mol. The van der Waals surface area contributed by atoms with E-state index >= 15 is 0 Å². The first-order chi connectivity index (χ1) is 9.26. The predicted molar refractivity (Wildman–Crippen MR) is 72.7 cm³/mol. The Morgan fingerprint density at radius 2 is 2.32 bits per heavy atom. The molecule has 0 aliphatic carbocycles. The Labute approximate surface area is 112 Å². The molecular formula is C14H17N3O2. The number of aromatic nitrogens is 2. The van der Waals surface area contributed by atoms with Gasteiger partial charge >= 0.3 is 0 Å². The first-order valence-electron chi connectivity index (χ1n) is 6.33. The van der Waals surface area contributed by atoms with Gasteiger partial charge in [-0.2, -0.15) is 5.10 Å². The van der Waals surface area contributed by atoms with E-state index in [1.165, 1.54) is 0 Å². The van der Waals surface area contributed by atoms with Gasteiger partial charge < -0.3 is 14.8 Å². The SMILES string of the molecule is COc1ccc2c(c1)C(Nc1ccn(C)n1)CCO2. The Morgan fingerprint density at radius 3 is 3.05 bits per heavy atom. The van der Waals surface area contributed by atoms with Crippen molar-refractivity contribution in [3.63, 3.8) is 0 Å². The highest BCUT2D eigenvalue weighted by molar-refractivity contribution is 5.47. The molecule has 0 saturated carbocycles. The van der Waals surface area contributed by atoms with Crippen LogP contribution in [0, 0.1) is 0 Å². The van der Waals surface area contributed by atoms with Gasteiger partial charge in [-0.15, -0.1) is 0 Å². The second-order valence-electron chi connectivity index (χ2n) is 4.61. The van der Waals surface area contributed by atoms with E-state index in [0.717, 1.165) is 29.3 Å². The molecule has 0 radical (unpaired) electrons. The molecule has 5 nitrogen and oxygen atoms in total. The number of hydrogen-bond donors (Lipinski definition) is 1. The Kier molecular flexibility index (Phi) is 3.03. The predicted octanol–water partition coefficient (Wildman–Crippen LogP) is 2.36. The number of methoxy groups -OCH3 is 1. The fourth-order valence-corrected chi connectivity index (χ4v) is 2.32. The van der Waals surface area contributed by atoms with Gasteiger partial charge in [0.05, 0.1) is 19.8 Å². The van der Waals surface area contributed by atoms with Gasteiger partial charge in [-0.25, -0.2) is 0 Å². The number of nitrogens with one attached hydrogen (secondary N) is 1. The highest BCUT2D eigenvalue weighted by Crippen LogP contribution is 2.36. The van der Waals surface area contributed by atoms with Crippen LogP contribution in [0.15, 0.2) is 30.5 Å². The summed E-state index contributed by atoms with van der Waals surface area (Å²) >= 11 is 0. The first-order valence-corrected chi connectivity index (χ1v) is 6.33. The van der Waals surface area contributed by atoms with E-state index in [1.807, 2.05) is 37.5 Å². The largest absolute Gasteiger partial charge is 0.497 e. The van der Waals surface area contributed by atoms with Crippen LogP contribution in [0.4, 0.5) is 5.82 Å². The lowest BCUT2D eigenvalue weighted by atomic mass is 10.0. The third-order valence-electron chi connectivity index (χ3n) is 3.29. The van der Waals surface area contributed by atoms with Crippen molar-refractivity contribution in [2.75, 3.05) is 19.0 Å². The molecule has 0 amide bonds. The Hall–Kier alpha value is -2.17. The molecule has 0 bridgehead atoms. The molecule has 2 aromatic rings. The van der Waals surface area contributed by atoms with Crippen molar-refractivity contribution in [1.82, 2.24) is 9.78 Å². The van der Waals surface area contributed by atoms with Crippen molar-refractivity contribution >= 4 is 5.82 Å². The summed E-state index contributed by atoms with van der Waals surface area (Å²) in [5.74, 6) is 2.64. The molecule has 1 aromatic heterocycles. The lowest BCUT2D eigenvalue weighted by molar-refractivity contribution is 0.273. The molecule has 1 aliphatic heterocycles. The van der Waals surface area contributed by atoms with Crippen LogP contribution in [0.1, 0.15) is 18.0 Å². The standard InChI is InChI=1S/C14H17N3O2/c1-17-7-5-14(16-17)15-12-6-8-19-13-4-3-10(18-2)9-11(12)13/h3-5,7,9,12H,6,8H2,1-2H3,(H,15,16). The topological polar surface area (TPSA) is 48.3 Å². The number of nitrogens with zero attached hydrogens (tertiary/aromatic N) is 2. The summed E-state index contributed by atoms with van der Waals surface area (Å²) in [7, 11) is 3.58. The van der Waals surface area contributed by atoms with E-state index in [9.17, 15) is 0 Å². The zero-order valence-corrected chi connectivity index (χ0v) is 11.1. The van der Waals surface area contributed by atoms with Crippen molar-refractivity contribution in [2.24, 2.45) is 7.05 Å². The zero-order valence-electron chi connectivity index (χ0n) is 11.1. The minimum Gasteiger partial charge on any atom is -0.497 e. The van der Waals surface area contributed by atoms with Gasteiger partial charge in [-0.3, -0.25) is 4.68 Å². The molecule has 3 rings (SSSR count). The van der Waals surface area contributed by atoms with Crippen LogP contribution in [0.2, 0.25) is 0 Å². The third kappa shape index (κ3) is 2.36. The average Bonchev–Trinajstić information content (AvgIpc) is 2.84. The smallest absolute Gasteiger partial charge is 0.148 e. The van der Waals surface area contributed by atoms with Crippen molar-refractivity contribution in [3.05, 3.63) is 36.0 Å². The molecule has 5 heteroatoms. The van der Waals surface area contributed by atoms with E-state index in [4.69, 9.17) is 9.47 Å². The summed E-state index contributed by atoms with van der Waals surface area (Å²) in [6, 6.07) is 8.07. The minimum atomic E-state index is 0.203. The summed E-state index contributed by atoms with van der Waals surface area (Å²) in [5, 5.41) is 7.80. The highest BCUT2D eigenvalue weighted by atomic mass is 16.5. The molecule has 0 fully saturated rings. The van der Waals surface area contributed by atoms with E-state index in [2.05, 4.69) is 10.4 Å². The van der Waals surface area contributed by atoms with Crippen molar-refractivity contribution in [3.8, 4) is 11.5 Å². The van der Waals surface area contributed by atoms with Gasteiger partial charge in [-0.1, -0.05) is 0 Å². The number of aryl methyl sites for hydroxylation is 1. The van der Waals surface area contributed by atoms with Crippen LogP contribution in [-0.4, -0.2) is 23.5 Å². The minimum absolute atomic E-state index is 0.203. The highest BCUT2D eigenvalue weighted by Gasteiger charge is 2.22. The van der Waals surface area contributed by atoms with Crippen LogP contribution in [0.5, 0.6) is 11.5 Å². The second-order valence-corrected chi connectivity index (χ2v) is 4.61. The molecule has 19 heavy (non-hydrogen) atoms. The summed E-state index contributed by atoms with van der Waals surface area (Å²) in [4.78, 5) is 0. The lowest BCUT2D eigenvalue weighted by Gasteiger charge is -2.27. The molecule has 0 spiro atoms. The Morgan fingerprint density at radius 1 is 1.42 bits per heavy atom. The maximum absolute atomic E-state index is 5.67. The Bertz CT molecular complexity index is 580. The summed E-state index contributed by atoms with van der Waals surface area (Å²) < 4.78 is 12.7. The maximum Gasteiger partial charge on any atom is 0.148 e. The van der Waals surface area contributed by atoms with E-state index in [1.54, 1.807) is 11.8 Å². The number of anilines is 1. The second kappa shape index (κ2) is 4.84. The Balaban J connectivity index is 1.88. The summed E-state index contributed by atoms with van der Waals surface area (Å²) in [6.45, 7) is 0.712. The van der Waals surface area contributed by atoms with Crippen molar-refractivity contribution in [2.45, 2.75) is 12.5 Å². The normalized spacial score (nSPS) is 17.5. The molecule has 1 N–H and O–H groups in total. The molecule has 0 saturated heterocycles. The lowest BCUT2D eigenvalue weighted by Crippen LogP contribution is -2.20. The fourth-order valence-electron chi connectivity index (χ4n) is 2.32. The third-order valence-corrected chi connectivity index (χ3v) is 3.29. The molecule has 100 valence electrons. The van der Waals surface area contributed by atoms with Gasteiger partial charge in [-0.05, 0) is 18.2 Å². The van der Waals surface area contributed by atoms with Gasteiger partial charge in [0.15, 0.2) is 0 Å².